The molecule has 1 fully saturated rings. The first-order valence-electron chi connectivity index (χ1n) is 6.10. The smallest absolute Gasteiger partial charge is 0.196 e. The quantitative estimate of drug-likeness (QED) is 0.523. The van der Waals surface area contributed by atoms with Crippen LogP contribution in [0.25, 0.3) is 0 Å². The summed E-state index contributed by atoms with van der Waals surface area (Å²) in [6.45, 7) is 4.11. The van der Waals surface area contributed by atoms with Gasteiger partial charge in [-0.1, -0.05) is 11.6 Å². The summed E-state index contributed by atoms with van der Waals surface area (Å²) < 4.78 is 5.26. The number of hydrazone groups is 1. The van der Waals surface area contributed by atoms with E-state index in [1.165, 1.54) is 6.92 Å². The van der Waals surface area contributed by atoms with E-state index in [0.717, 1.165) is 5.69 Å². The van der Waals surface area contributed by atoms with Crippen LogP contribution in [0.5, 0.6) is 0 Å². The highest BCUT2D eigenvalue weighted by Gasteiger charge is 2.18. The van der Waals surface area contributed by atoms with Crippen LogP contribution in [-0.2, 0) is 9.53 Å². The second-order valence-electron chi connectivity index (χ2n) is 4.21. The summed E-state index contributed by atoms with van der Waals surface area (Å²) in [4.78, 5) is 13.6. The third-order valence-corrected chi connectivity index (χ3v) is 3.01. The van der Waals surface area contributed by atoms with E-state index in [0.29, 0.717) is 37.2 Å². The lowest BCUT2D eigenvalue weighted by atomic mass is 10.3. The van der Waals surface area contributed by atoms with Crippen molar-refractivity contribution in [3.8, 4) is 0 Å². The largest absolute Gasteiger partial charge is 0.378 e. The summed E-state index contributed by atoms with van der Waals surface area (Å²) in [5, 5.41) is 4.85. The van der Waals surface area contributed by atoms with Gasteiger partial charge in [-0.3, -0.25) is 10.2 Å². The summed E-state index contributed by atoms with van der Waals surface area (Å²) in [7, 11) is 0. The van der Waals surface area contributed by atoms with E-state index in [9.17, 15) is 4.79 Å². The lowest BCUT2D eigenvalue weighted by Gasteiger charge is -2.28. The third-order valence-electron chi connectivity index (χ3n) is 2.76. The number of carbonyl (C=O) groups is 1. The zero-order valence-electron chi connectivity index (χ0n) is 10.7. The van der Waals surface area contributed by atoms with Crippen molar-refractivity contribution in [2.24, 2.45) is 5.10 Å². The zero-order chi connectivity index (χ0) is 13.7. The number of ether oxygens (including phenoxy) is 1. The summed E-state index contributed by atoms with van der Waals surface area (Å²) in [5.74, 6) is 0.363. The molecule has 6 heteroatoms. The lowest BCUT2D eigenvalue weighted by molar-refractivity contribution is -0.112. The van der Waals surface area contributed by atoms with Crippen LogP contribution in [0.3, 0.4) is 0 Å². The van der Waals surface area contributed by atoms with Crippen molar-refractivity contribution in [2.75, 3.05) is 31.7 Å². The Hall–Kier alpha value is -1.59. The van der Waals surface area contributed by atoms with Crippen molar-refractivity contribution >= 4 is 28.9 Å². The Balaban J connectivity index is 2.07. The van der Waals surface area contributed by atoms with E-state index >= 15 is 0 Å². The van der Waals surface area contributed by atoms with Gasteiger partial charge in [-0.15, -0.1) is 0 Å². The maximum Gasteiger partial charge on any atom is 0.196 e. The first kappa shape index (κ1) is 13.8. The molecular weight excluding hydrogens is 266 g/mol. The van der Waals surface area contributed by atoms with Crippen LogP contribution in [0.2, 0.25) is 5.02 Å². The second kappa shape index (κ2) is 6.54. The number of ketones is 1. The fourth-order valence-electron chi connectivity index (χ4n) is 1.79. The molecule has 1 aliphatic heterocycles. The maximum atomic E-state index is 11.6. The van der Waals surface area contributed by atoms with E-state index in [1.807, 2.05) is 17.0 Å². The van der Waals surface area contributed by atoms with Crippen LogP contribution in [-0.4, -0.2) is 42.8 Å². The fraction of sp³-hybridized carbons (Fsp3) is 0.385. The van der Waals surface area contributed by atoms with E-state index in [-0.39, 0.29) is 5.78 Å². The van der Waals surface area contributed by atoms with Gasteiger partial charge in [0.25, 0.3) is 0 Å². The molecule has 1 N–H and O–H groups in total. The molecule has 0 saturated carbocycles. The number of anilines is 1. The van der Waals surface area contributed by atoms with Gasteiger partial charge in [-0.05, 0) is 24.3 Å². The third kappa shape index (κ3) is 3.94. The van der Waals surface area contributed by atoms with Crippen LogP contribution in [0.4, 0.5) is 5.69 Å². The molecule has 0 bridgehead atoms. The number of hydrogen-bond donors (Lipinski definition) is 1. The highest BCUT2D eigenvalue weighted by Crippen LogP contribution is 2.13. The van der Waals surface area contributed by atoms with Crippen molar-refractivity contribution in [2.45, 2.75) is 6.92 Å². The molecule has 1 saturated heterocycles. The molecule has 0 aliphatic carbocycles. The van der Waals surface area contributed by atoms with E-state index in [4.69, 9.17) is 16.3 Å². The van der Waals surface area contributed by atoms with Gasteiger partial charge in [0.2, 0.25) is 0 Å². The Morgan fingerprint density at radius 2 is 1.95 bits per heavy atom. The van der Waals surface area contributed by atoms with E-state index < -0.39 is 0 Å². The minimum Gasteiger partial charge on any atom is -0.378 e. The molecule has 19 heavy (non-hydrogen) atoms. The van der Waals surface area contributed by atoms with Crippen molar-refractivity contribution in [3.63, 3.8) is 0 Å². The maximum absolute atomic E-state index is 11.6. The van der Waals surface area contributed by atoms with Crippen molar-refractivity contribution in [1.29, 1.82) is 0 Å². The average molecular weight is 282 g/mol. The molecule has 0 radical (unpaired) electrons. The molecule has 0 amide bonds. The van der Waals surface area contributed by atoms with Gasteiger partial charge in [0.15, 0.2) is 11.6 Å². The van der Waals surface area contributed by atoms with Gasteiger partial charge < -0.3 is 9.64 Å². The van der Waals surface area contributed by atoms with Crippen molar-refractivity contribution in [1.82, 2.24) is 4.90 Å². The summed E-state index contributed by atoms with van der Waals surface area (Å²) in [5.41, 5.74) is 3.66. The van der Waals surface area contributed by atoms with Crippen LogP contribution in [0.1, 0.15) is 6.92 Å². The normalized spacial score (nSPS) is 16.3. The molecule has 0 unspecified atom stereocenters. The lowest BCUT2D eigenvalue weighted by Crippen LogP contribution is -2.44. The summed E-state index contributed by atoms with van der Waals surface area (Å²) in [6.07, 6.45) is 0. The van der Waals surface area contributed by atoms with Crippen molar-refractivity contribution in [3.05, 3.63) is 29.3 Å². The van der Waals surface area contributed by atoms with Gasteiger partial charge >= 0.3 is 0 Å². The minimum atomic E-state index is -0.0663. The molecule has 1 heterocycles. The summed E-state index contributed by atoms with van der Waals surface area (Å²) in [6, 6.07) is 7.15. The number of rotatable bonds is 3. The number of halogens is 1. The van der Waals surface area contributed by atoms with Crippen LogP contribution in [0.15, 0.2) is 29.4 Å². The van der Waals surface area contributed by atoms with Gasteiger partial charge in [0.1, 0.15) is 0 Å². The Kier molecular flexibility index (Phi) is 4.76. The molecule has 0 atom stereocenters. The molecule has 1 aliphatic rings. The number of nitrogens with zero attached hydrogens (tertiary/aromatic N) is 2. The number of nitrogens with one attached hydrogen (secondary N) is 1. The number of morpholine rings is 1. The zero-order valence-corrected chi connectivity index (χ0v) is 11.5. The highest BCUT2D eigenvalue weighted by molar-refractivity contribution is 6.37. The van der Waals surface area contributed by atoms with Crippen molar-refractivity contribution < 1.29 is 9.53 Å². The Bertz CT molecular complexity index is 467. The fourth-order valence-corrected chi connectivity index (χ4v) is 1.92. The molecule has 5 nitrogen and oxygen atoms in total. The predicted molar refractivity (Wildman–Crippen MR) is 75.6 cm³/mol. The standard InChI is InChI=1S/C13H16ClN3O2/c1-10(18)13(17-6-8-19-9-7-17)16-15-12-4-2-11(14)3-5-12/h2-5,15H,6-9H2,1H3/b16-13+. The molecular formula is C13H16ClN3O2. The molecule has 102 valence electrons. The summed E-state index contributed by atoms with van der Waals surface area (Å²) >= 11 is 5.81. The van der Waals surface area contributed by atoms with Gasteiger partial charge in [-0.25, -0.2) is 0 Å². The Labute approximate surface area is 117 Å². The van der Waals surface area contributed by atoms with Crippen LogP contribution >= 0.6 is 11.6 Å². The monoisotopic (exact) mass is 281 g/mol. The number of benzene rings is 1. The average Bonchev–Trinajstić information content (AvgIpc) is 2.42. The van der Waals surface area contributed by atoms with Gasteiger partial charge in [0.05, 0.1) is 18.9 Å². The van der Waals surface area contributed by atoms with E-state index in [2.05, 4.69) is 10.5 Å². The first-order chi connectivity index (χ1) is 9.16. The number of hydrogen-bond acceptors (Lipinski definition) is 4. The number of carbonyl (C=O) groups excluding carboxylic acids is 1. The first-order valence-corrected chi connectivity index (χ1v) is 6.47. The molecule has 1 aromatic carbocycles. The molecule has 1 aromatic rings. The molecule has 0 aromatic heterocycles. The van der Waals surface area contributed by atoms with Crippen LogP contribution in [0, 0.1) is 0 Å². The number of Topliss-reactive ketones (excluding diaryl/α,β-unsaturated/α-hetero) is 1. The Morgan fingerprint density at radius 1 is 1.32 bits per heavy atom. The van der Waals surface area contributed by atoms with Crippen LogP contribution < -0.4 is 5.43 Å². The highest BCUT2D eigenvalue weighted by atomic mass is 35.5. The SMILES string of the molecule is CC(=O)/C(=N\Nc1ccc(Cl)cc1)N1CCOCC1. The number of amidine groups is 1. The van der Waals surface area contributed by atoms with Gasteiger partial charge in [-0.2, -0.15) is 5.10 Å². The topological polar surface area (TPSA) is 53.9 Å². The Morgan fingerprint density at radius 3 is 2.53 bits per heavy atom. The van der Waals surface area contributed by atoms with E-state index in [1.54, 1.807) is 12.1 Å². The molecule has 2 rings (SSSR count). The minimum absolute atomic E-state index is 0.0663. The molecule has 0 spiro atoms. The van der Waals surface area contributed by atoms with Gasteiger partial charge in [0, 0.05) is 25.0 Å². The predicted octanol–water partition coefficient (Wildman–Crippen LogP) is 1.99. The second-order valence-corrected chi connectivity index (χ2v) is 4.65.